The predicted octanol–water partition coefficient (Wildman–Crippen LogP) is -0.936. The van der Waals surface area contributed by atoms with Gasteiger partial charge in [0.25, 0.3) is 0 Å². The minimum atomic E-state index is -0.963. The second-order valence-electron chi connectivity index (χ2n) is 5.10. The maximum atomic E-state index is 10.1. The number of carbonyl (C=O) groups is 3. The first-order chi connectivity index (χ1) is 10.3. The lowest BCUT2D eigenvalue weighted by molar-refractivity contribution is -0.140. The van der Waals surface area contributed by atoms with Gasteiger partial charge in [-0.05, 0) is 45.7 Å². The molecule has 0 spiro atoms. The van der Waals surface area contributed by atoms with Crippen molar-refractivity contribution in [3.05, 3.63) is 0 Å². The Labute approximate surface area is 128 Å². The molecular formula is C13H25N3O6. The molecule has 22 heavy (non-hydrogen) atoms. The summed E-state index contributed by atoms with van der Waals surface area (Å²) in [5, 5.41) is 30.3. The third-order valence-corrected chi connectivity index (χ3v) is 3.11. The summed E-state index contributed by atoms with van der Waals surface area (Å²) in [4.78, 5) is 29.9. The van der Waals surface area contributed by atoms with Crippen LogP contribution in [0.3, 0.4) is 0 Å². The van der Waals surface area contributed by atoms with Crippen molar-refractivity contribution in [2.75, 3.05) is 13.1 Å². The molecule has 0 aromatic carbocycles. The number of carboxylic acids is 3. The molecule has 9 nitrogen and oxygen atoms in total. The van der Waals surface area contributed by atoms with Gasteiger partial charge in [-0.2, -0.15) is 0 Å². The van der Waals surface area contributed by atoms with E-state index in [2.05, 4.69) is 10.6 Å². The molecule has 128 valence electrons. The monoisotopic (exact) mass is 319 g/mol. The van der Waals surface area contributed by atoms with Crippen molar-refractivity contribution in [3.8, 4) is 0 Å². The first kappa shape index (κ1) is 20.3. The molecule has 2 saturated heterocycles. The molecule has 0 aromatic heterocycles. The van der Waals surface area contributed by atoms with Crippen molar-refractivity contribution in [1.29, 1.82) is 0 Å². The van der Waals surface area contributed by atoms with E-state index in [1.165, 1.54) is 6.92 Å². The van der Waals surface area contributed by atoms with E-state index in [0.29, 0.717) is 0 Å². The van der Waals surface area contributed by atoms with Crippen LogP contribution in [0, 0.1) is 0 Å². The van der Waals surface area contributed by atoms with Gasteiger partial charge in [-0.1, -0.05) is 0 Å². The Hall–Kier alpha value is -1.71. The number of carboxylic acid groups (broad SMARTS) is 3. The molecule has 0 amide bonds. The number of hydrogen-bond donors (Lipinski definition) is 6. The first-order valence-electron chi connectivity index (χ1n) is 7.16. The van der Waals surface area contributed by atoms with Gasteiger partial charge in [-0.3, -0.25) is 14.4 Å². The summed E-state index contributed by atoms with van der Waals surface area (Å²) >= 11 is 0. The second-order valence-corrected chi connectivity index (χ2v) is 5.10. The Balaban J connectivity index is 0.000000306. The minimum absolute atomic E-state index is 0.269. The SMILES string of the molecule is CC(N)C(=O)O.O=C(O)[C@@H]1CCCN1.O=C(O)[C@@H]1CCCN1. The smallest absolute Gasteiger partial charge is 0.320 e. The van der Waals surface area contributed by atoms with Crippen LogP contribution in [0.5, 0.6) is 0 Å². The van der Waals surface area contributed by atoms with Crippen molar-refractivity contribution in [1.82, 2.24) is 10.6 Å². The van der Waals surface area contributed by atoms with Crippen LogP contribution in [0.2, 0.25) is 0 Å². The molecule has 0 radical (unpaired) electrons. The van der Waals surface area contributed by atoms with E-state index in [1.807, 2.05) is 0 Å². The Morgan fingerprint density at radius 2 is 1.27 bits per heavy atom. The molecule has 0 aromatic rings. The van der Waals surface area contributed by atoms with E-state index in [0.717, 1.165) is 38.8 Å². The lowest BCUT2D eigenvalue weighted by atomic mass is 10.2. The van der Waals surface area contributed by atoms with Crippen LogP contribution in [0.15, 0.2) is 0 Å². The summed E-state index contributed by atoms with van der Waals surface area (Å²) in [6.07, 6.45) is 3.57. The summed E-state index contributed by atoms with van der Waals surface area (Å²) < 4.78 is 0. The summed E-state index contributed by atoms with van der Waals surface area (Å²) in [6.45, 7) is 3.14. The number of aliphatic carboxylic acids is 3. The molecule has 2 aliphatic heterocycles. The molecule has 0 aliphatic carbocycles. The summed E-state index contributed by atoms with van der Waals surface area (Å²) in [5.74, 6) is -2.40. The highest BCUT2D eigenvalue weighted by atomic mass is 16.4. The van der Waals surface area contributed by atoms with E-state index in [1.54, 1.807) is 0 Å². The van der Waals surface area contributed by atoms with Gasteiger partial charge in [0.15, 0.2) is 0 Å². The van der Waals surface area contributed by atoms with E-state index < -0.39 is 23.9 Å². The van der Waals surface area contributed by atoms with Gasteiger partial charge in [0.1, 0.15) is 18.1 Å². The van der Waals surface area contributed by atoms with E-state index in [9.17, 15) is 14.4 Å². The van der Waals surface area contributed by atoms with Crippen LogP contribution in [0.25, 0.3) is 0 Å². The van der Waals surface area contributed by atoms with Crippen LogP contribution in [0.1, 0.15) is 32.6 Å². The van der Waals surface area contributed by atoms with Crippen LogP contribution in [0.4, 0.5) is 0 Å². The fraction of sp³-hybridized carbons (Fsp3) is 0.769. The molecular weight excluding hydrogens is 294 g/mol. The molecule has 9 heteroatoms. The maximum Gasteiger partial charge on any atom is 0.320 e. The molecule has 2 heterocycles. The van der Waals surface area contributed by atoms with Gasteiger partial charge in [-0.25, -0.2) is 0 Å². The molecule has 2 rings (SSSR count). The Morgan fingerprint density at radius 1 is 0.955 bits per heavy atom. The van der Waals surface area contributed by atoms with Crippen LogP contribution < -0.4 is 16.4 Å². The molecule has 0 saturated carbocycles. The van der Waals surface area contributed by atoms with Crippen LogP contribution >= 0.6 is 0 Å². The van der Waals surface area contributed by atoms with Crippen molar-refractivity contribution >= 4 is 17.9 Å². The summed E-state index contributed by atoms with van der Waals surface area (Å²) in [6, 6.07) is -1.27. The largest absolute Gasteiger partial charge is 0.480 e. The van der Waals surface area contributed by atoms with Gasteiger partial charge >= 0.3 is 17.9 Å². The maximum absolute atomic E-state index is 10.1. The Kier molecular flexibility index (Phi) is 10.1. The highest BCUT2D eigenvalue weighted by Gasteiger charge is 2.20. The van der Waals surface area contributed by atoms with E-state index >= 15 is 0 Å². The van der Waals surface area contributed by atoms with Gasteiger partial charge in [0.2, 0.25) is 0 Å². The zero-order valence-corrected chi connectivity index (χ0v) is 12.6. The highest BCUT2D eigenvalue weighted by molar-refractivity contribution is 5.74. The first-order valence-corrected chi connectivity index (χ1v) is 7.16. The lowest BCUT2D eigenvalue weighted by Crippen LogP contribution is -2.29. The van der Waals surface area contributed by atoms with Crippen molar-refractivity contribution in [3.63, 3.8) is 0 Å². The third-order valence-electron chi connectivity index (χ3n) is 3.11. The van der Waals surface area contributed by atoms with Gasteiger partial charge < -0.3 is 31.7 Å². The quantitative estimate of drug-likeness (QED) is 0.385. The average Bonchev–Trinajstić information content (AvgIpc) is 3.14. The molecule has 2 fully saturated rings. The van der Waals surface area contributed by atoms with Gasteiger partial charge in [0, 0.05) is 0 Å². The zero-order chi connectivity index (χ0) is 17.1. The summed E-state index contributed by atoms with van der Waals surface area (Å²) in [7, 11) is 0. The van der Waals surface area contributed by atoms with Gasteiger partial charge in [0.05, 0.1) is 0 Å². The third kappa shape index (κ3) is 9.27. The number of rotatable bonds is 3. The fourth-order valence-electron chi connectivity index (χ4n) is 1.79. The molecule has 7 N–H and O–H groups in total. The lowest BCUT2D eigenvalue weighted by Gasteiger charge is -1.99. The number of nitrogens with two attached hydrogens (primary N) is 1. The normalized spacial score (nSPS) is 24.3. The van der Waals surface area contributed by atoms with Gasteiger partial charge in [-0.15, -0.1) is 0 Å². The number of nitrogens with one attached hydrogen (secondary N) is 2. The van der Waals surface area contributed by atoms with E-state index in [-0.39, 0.29) is 12.1 Å². The molecule has 2 aliphatic rings. The Morgan fingerprint density at radius 3 is 1.36 bits per heavy atom. The second kappa shape index (κ2) is 10.9. The number of hydrogen-bond acceptors (Lipinski definition) is 6. The molecule has 0 bridgehead atoms. The Bertz CT molecular complexity index is 337. The zero-order valence-electron chi connectivity index (χ0n) is 12.6. The van der Waals surface area contributed by atoms with Crippen LogP contribution in [-0.4, -0.2) is 64.4 Å². The van der Waals surface area contributed by atoms with Crippen molar-refractivity contribution in [2.45, 2.75) is 50.7 Å². The average molecular weight is 319 g/mol. The fourth-order valence-corrected chi connectivity index (χ4v) is 1.79. The highest BCUT2D eigenvalue weighted by Crippen LogP contribution is 2.04. The van der Waals surface area contributed by atoms with Crippen LogP contribution in [-0.2, 0) is 14.4 Å². The topological polar surface area (TPSA) is 162 Å². The van der Waals surface area contributed by atoms with Crippen molar-refractivity contribution in [2.24, 2.45) is 5.73 Å². The minimum Gasteiger partial charge on any atom is -0.480 e. The molecule has 1 unspecified atom stereocenters. The standard InChI is InChI=1S/2C5H9NO2.C3H7NO2/c2*7-5(8)4-2-1-3-6-4;1-2(4)3(5)6/h2*4,6H,1-3H2,(H,7,8);2H,4H2,1H3,(H,5,6)/t2*4-;/m00./s1. The summed E-state index contributed by atoms with van der Waals surface area (Å²) in [5.41, 5.74) is 4.84. The molecule has 3 atom stereocenters. The van der Waals surface area contributed by atoms with E-state index in [4.69, 9.17) is 21.1 Å². The van der Waals surface area contributed by atoms with Crippen molar-refractivity contribution < 1.29 is 29.7 Å². The predicted molar refractivity (Wildman–Crippen MR) is 78.6 cm³/mol.